The van der Waals surface area contributed by atoms with Crippen LogP contribution in [0.5, 0.6) is 0 Å². The molecule has 3 rings (SSSR count). The second-order valence-electron chi connectivity index (χ2n) is 6.02. The molecule has 1 fully saturated rings. The molecule has 1 aromatic heterocycles. The Balaban J connectivity index is 1.57. The van der Waals surface area contributed by atoms with Gasteiger partial charge in [-0.2, -0.15) is 0 Å². The number of ether oxygens (including phenoxy) is 2. The maximum atomic E-state index is 12.3. The van der Waals surface area contributed by atoms with E-state index in [-0.39, 0.29) is 29.7 Å². The minimum absolute atomic E-state index is 0.0390. The summed E-state index contributed by atoms with van der Waals surface area (Å²) in [5.41, 5.74) is 0.945. The molecule has 1 aromatic carbocycles. The molecule has 0 spiro atoms. The van der Waals surface area contributed by atoms with Crippen molar-refractivity contribution >= 4 is 16.0 Å². The van der Waals surface area contributed by atoms with E-state index in [0.29, 0.717) is 18.1 Å². The molecule has 140 valence electrons. The molecule has 2 heterocycles. The third kappa shape index (κ3) is 4.69. The number of carbonyl (C=O) groups is 1. The summed E-state index contributed by atoms with van der Waals surface area (Å²) in [5.74, 6) is -0.135. The van der Waals surface area contributed by atoms with E-state index in [9.17, 15) is 13.2 Å². The number of hydrogen-bond acceptors (Lipinski definition) is 7. The molecule has 1 aliphatic heterocycles. The zero-order valence-electron chi connectivity index (χ0n) is 14.3. The Labute approximate surface area is 151 Å². The van der Waals surface area contributed by atoms with Crippen molar-refractivity contribution < 1.29 is 27.2 Å². The SMILES string of the molecule is Cc1cc(COC(=O)c2ccc(S(=O)(=O)NCC3CCCO3)cc2)on1. The van der Waals surface area contributed by atoms with Crippen molar-refractivity contribution in [2.75, 3.05) is 13.2 Å². The molecule has 1 unspecified atom stereocenters. The highest BCUT2D eigenvalue weighted by Gasteiger charge is 2.20. The number of hydrogen-bond donors (Lipinski definition) is 1. The van der Waals surface area contributed by atoms with Crippen LogP contribution in [0.15, 0.2) is 39.8 Å². The highest BCUT2D eigenvalue weighted by Crippen LogP contribution is 2.15. The Bertz CT molecular complexity index is 854. The Morgan fingerprint density at radius 1 is 1.35 bits per heavy atom. The topological polar surface area (TPSA) is 108 Å². The van der Waals surface area contributed by atoms with Gasteiger partial charge in [0.15, 0.2) is 12.4 Å². The average molecular weight is 380 g/mol. The van der Waals surface area contributed by atoms with E-state index in [1.807, 2.05) is 0 Å². The number of aromatic nitrogens is 1. The van der Waals surface area contributed by atoms with Crippen LogP contribution in [0, 0.1) is 6.92 Å². The molecule has 9 heteroatoms. The van der Waals surface area contributed by atoms with Gasteiger partial charge in [-0.15, -0.1) is 0 Å². The maximum Gasteiger partial charge on any atom is 0.338 e. The minimum atomic E-state index is -3.65. The molecular weight excluding hydrogens is 360 g/mol. The predicted octanol–water partition coefficient (Wildman–Crippen LogP) is 1.80. The van der Waals surface area contributed by atoms with Gasteiger partial charge in [0, 0.05) is 19.2 Å². The van der Waals surface area contributed by atoms with Crippen LogP contribution in [0.1, 0.15) is 34.7 Å². The Hall–Kier alpha value is -2.23. The first-order chi connectivity index (χ1) is 12.4. The molecule has 0 aliphatic carbocycles. The molecule has 8 nitrogen and oxygen atoms in total. The summed E-state index contributed by atoms with van der Waals surface area (Å²) in [4.78, 5) is 12.1. The van der Waals surface area contributed by atoms with E-state index in [2.05, 4.69) is 9.88 Å². The molecule has 0 amide bonds. The molecule has 26 heavy (non-hydrogen) atoms. The molecule has 0 radical (unpaired) electrons. The van der Waals surface area contributed by atoms with Gasteiger partial charge in [0.2, 0.25) is 10.0 Å². The summed E-state index contributed by atoms with van der Waals surface area (Å²) in [6.07, 6.45) is 1.70. The van der Waals surface area contributed by atoms with Gasteiger partial charge >= 0.3 is 5.97 Å². The predicted molar refractivity (Wildman–Crippen MR) is 91.0 cm³/mol. The third-order valence-electron chi connectivity index (χ3n) is 3.95. The van der Waals surface area contributed by atoms with Gasteiger partial charge in [-0.25, -0.2) is 17.9 Å². The van der Waals surface area contributed by atoms with Crippen molar-refractivity contribution in [3.63, 3.8) is 0 Å². The monoisotopic (exact) mass is 380 g/mol. The van der Waals surface area contributed by atoms with Gasteiger partial charge in [0.1, 0.15) is 0 Å². The summed E-state index contributed by atoms with van der Waals surface area (Å²) >= 11 is 0. The van der Waals surface area contributed by atoms with Crippen LogP contribution in [0.25, 0.3) is 0 Å². The van der Waals surface area contributed by atoms with Gasteiger partial charge in [0.25, 0.3) is 0 Å². The first-order valence-corrected chi connectivity index (χ1v) is 9.73. The van der Waals surface area contributed by atoms with Gasteiger partial charge in [0.05, 0.1) is 22.3 Å². The standard InChI is InChI=1S/C17H20N2O6S/c1-12-9-15(25-19-12)11-24-17(20)13-4-6-16(7-5-13)26(21,22)18-10-14-3-2-8-23-14/h4-7,9,14,18H,2-3,8,10-11H2,1H3. The highest BCUT2D eigenvalue weighted by molar-refractivity contribution is 7.89. The lowest BCUT2D eigenvalue weighted by Crippen LogP contribution is -2.31. The molecular formula is C17H20N2O6S. The summed E-state index contributed by atoms with van der Waals surface area (Å²) < 4.78 is 42.6. The van der Waals surface area contributed by atoms with Crippen molar-refractivity contribution in [1.82, 2.24) is 9.88 Å². The van der Waals surface area contributed by atoms with Gasteiger partial charge < -0.3 is 14.0 Å². The van der Waals surface area contributed by atoms with Crippen LogP contribution in [0.2, 0.25) is 0 Å². The van der Waals surface area contributed by atoms with Crippen LogP contribution in [0.4, 0.5) is 0 Å². The molecule has 0 bridgehead atoms. The summed E-state index contributed by atoms with van der Waals surface area (Å²) in [6.45, 7) is 2.63. The van der Waals surface area contributed by atoms with E-state index >= 15 is 0 Å². The smallest absolute Gasteiger partial charge is 0.338 e. The third-order valence-corrected chi connectivity index (χ3v) is 5.39. The number of nitrogens with zero attached hydrogens (tertiary/aromatic N) is 1. The molecule has 1 saturated heterocycles. The largest absolute Gasteiger partial charge is 0.454 e. The van der Waals surface area contributed by atoms with Crippen LogP contribution in [-0.2, 0) is 26.1 Å². The van der Waals surface area contributed by atoms with Gasteiger partial charge in [-0.05, 0) is 44.0 Å². The Kier molecular flexibility index (Phi) is 5.70. The van der Waals surface area contributed by atoms with Crippen molar-refractivity contribution in [2.24, 2.45) is 0 Å². The second-order valence-corrected chi connectivity index (χ2v) is 7.79. The fourth-order valence-electron chi connectivity index (χ4n) is 2.57. The van der Waals surface area contributed by atoms with Crippen molar-refractivity contribution in [1.29, 1.82) is 0 Å². The molecule has 0 saturated carbocycles. The highest BCUT2D eigenvalue weighted by atomic mass is 32.2. The van der Waals surface area contributed by atoms with E-state index in [1.165, 1.54) is 24.3 Å². The van der Waals surface area contributed by atoms with Crippen molar-refractivity contribution in [3.05, 3.63) is 47.3 Å². The van der Waals surface area contributed by atoms with E-state index in [0.717, 1.165) is 12.8 Å². The van der Waals surface area contributed by atoms with Crippen LogP contribution >= 0.6 is 0 Å². The molecule has 1 aliphatic rings. The van der Waals surface area contributed by atoms with E-state index in [4.69, 9.17) is 14.0 Å². The summed E-state index contributed by atoms with van der Waals surface area (Å²) in [6, 6.07) is 7.23. The summed E-state index contributed by atoms with van der Waals surface area (Å²) in [5, 5.41) is 3.70. The van der Waals surface area contributed by atoms with Gasteiger partial charge in [-0.3, -0.25) is 0 Å². The number of esters is 1. The summed E-state index contributed by atoms with van der Waals surface area (Å²) in [7, 11) is -3.65. The maximum absolute atomic E-state index is 12.3. The minimum Gasteiger partial charge on any atom is -0.454 e. The normalized spacial score (nSPS) is 17.3. The van der Waals surface area contributed by atoms with Crippen molar-refractivity contribution in [2.45, 2.75) is 37.4 Å². The number of rotatable bonds is 7. The Morgan fingerprint density at radius 3 is 2.73 bits per heavy atom. The number of benzene rings is 1. The number of nitrogens with one attached hydrogen (secondary N) is 1. The van der Waals surface area contributed by atoms with Crippen LogP contribution < -0.4 is 4.72 Å². The van der Waals surface area contributed by atoms with Crippen LogP contribution in [-0.4, -0.2) is 38.8 Å². The van der Waals surface area contributed by atoms with Gasteiger partial charge in [-0.1, -0.05) is 5.16 Å². The molecule has 1 atom stereocenters. The zero-order valence-corrected chi connectivity index (χ0v) is 15.1. The lowest BCUT2D eigenvalue weighted by atomic mass is 10.2. The lowest BCUT2D eigenvalue weighted by Gasteiger charge is -2.11. The first-order valence-electron chi connectivity index (χ1n) is 8.25. The fraction of sp³-hybridized carbons (Fsp3) is 0.412. The quantitative estimate of drug-likeness (QED) is 0.730. The van der Waals surface area contributed by atoms with E-state index < -0.39 is 16.0 Å². The number of sulfonamides is 1. The van der Waals surface area contributed by atoms with Crippen LogP contribution in [0.3, 0.4) is 0 Å². The Morgan fingerprint density at radius 2 is 2.12 bits per heavy atom. The fourth-order valence-corrected chi connectivity index (χ4v) is 3.63. The molecule has 1 N–H and O–H groups in total. The van der Waals surface area contributed by atoms with E-state index in [1.54, 1.807) is 13.0 Å². The average Bonchev–Trinajstić information content (AvgIpc) is 3.30. The first kappa shape index (κ1) is 18.6. The lowest BCUT2D eigenvalue weighted by molar-refractivity contribution is 0.0437. The zero-order chi connectivity index (χ0) is 18.6. The molecule has 2 aromatic rings. The second kappa shape index (κ2) is 7.98. The number of carbonyl (C=O) groups excluding carboxylic acids is 1. The van der Waals surface area contributed by atoms with Crippen molar-refractivity contribution in [3.8, 4) is 0 Å². The number of aryl methyl sites for hydroxylation is 1.